The molecule has 0 spiro atoms. The van der Waals surface area contributed by atoms with E-state index in [-0.39, 0.29) is 11.4 Å². The van der Waals surface area contributed by atoms with Crippen molar-refractivity contribution in [3.8, 4) is 5.75 Å². The van der Waals surface area contributed by atoms with Crippen molar-refractivity contribution in [3.63, 3.8) is 0 Å². The van der Waals surface area contributed by atoms with Crippen molar-refractivity contribution in [1.82, 2.24) is 15.5 Å². The molecule has 1 unspecified atom stereocenters. The van der Waals surface area contributed by atoms with Crippen LogP contribution in [0.5, 0.6) is 5.75 Å². The molecule has 1 heterocycles. The maximum Gasteiger partial charge on any atom is 0.321 e. The molecule has 0 fully saturated rings. The van der Waals surface area contributed by atoms with Crippen molar-refractivity contribution in [2.45, 2.75) is 18.9 Å². The van der Waals surface area contributed by atoms with E-state index in [1.54, 1.807) is 18.2 Å². The minimum atomic E-state index is -2.77. The lowest BCUT2D eigenvalue weighted by atomic mass is 10.1. The molecule has 0 saturated carbocycles. The second-order valence-corrected chi connectivity index (χ2v) is 6.12. The largest absolute Gasteiger partial charge is 0.497 e. The maximum absolute atomic E-state index is 13.4. The van der Waals surface area contributed by atoms with Crippen molar-refractivity contribution < 1.29 is 18.3 Å². The minimum Gasteiger partial charge on any atom is -0.497 e. The van der Waals surface area contributed by atoms with Gasteiger partial charge in [0.15, 0.2) is 5.82 Å². The Balaban J connectivity index is 1.61. The molecule has 146 valence electrons. The number of carbonyl (C=O) groups is 1. The molecule has 0 bridgehead atoms. The third-order valence-electron chi connectivity index (χ3n) is 4.12. The topological polar surface area (TPSA) is 79.0 Å². The summed E-state index contributed by atoms with van der Waals surface area (Å²) in [6.45, 7) is 0. The number of nitrogens with one attached hydrogen (secondary N) is 3. The Labute approximate surface area is 160 Å². The fraction of sp³-hybridized carbons (Fsp3) is 0.200. The van der Waals surface area contributed by atoms with Gasteiger partial charge in [0.2, 0.25) is 0 Å². The van der Waals surface area contributed by atoms with Crippen LogP contribution in [0.2, 0.25) is 0 Å². The van der Waals surface area contributed by atoms with E-state index in [1.165, 1.54) is 19.2 Å². The molecule has 3 aromatic rings. The molecule has 3 rings (SSSR count). The van der Waals surface area contributed by atoms with Gasteiger partial charge < -0.3 is 10.1 Å². The molecular formula is C20H20F2N4O2. The fourth-order valence-electron chi connectivity index (χ4n) is 2.73. The van der Waals surface area contributed by atoms with Crippen molar-refractivity contribution in [2.24, 2.45) is 0 Å². The third kappa shape index (κ3) is 5.06. The minimum absolute atomic E-state index is 0.256. The number of hydrogen-bond acceptors (Lipinski definition) is 3. The van der Waals surface area contributed by atoms with E-state index in [1.807, 2.05) is 30.3 Å². The van der Waals surface area contributed by atoms with Gasteiger partial charge in [-0.25, -0.2) is 13.6 Å². The molecule has 8 heteroatoms. The number of nitrogens with zero attached hydrogens (tertiary/aromatic N) is 1. The van der Waals surface area contributed by atoms with Gasteiger partial charge in [0.25, 0.3) is 6.43 Å². The number of halogens is 2. The number of rotatable bonds is 7. The number of hydrogen-bond donors (Lipinski definition) is 3. The van der Waals surface area contributed by atoms with E-state index in [0.717, 1.165) is 11.3 Å². The molecule has 0 aliphatic carbocycles. The predicted molar refractivity (Wildman–Crippen MR) is 102 cm³/mol. The van der Waals surface area contributed by atoms with Crippen LogP contribution in [0, 0.1) is 0 Å². The Morgan fingerprint density at radius 1 is 1.14 bits per heavy atom. The third-order valence-corrected chi connectivity index (χ3v) is 4.12. The fourth-order valence-corrected chi connectivity index (χ4v) is 2.73. The van der Waals surface area contributed by atoms with Crippen molar-refractivity contribution in [3.05, 3.63) is 77.5 Å². The number of methoxy groups -OCH3 is 1. The van der Waals surface area contributed by atoms with Crippen molar-refractivity contribution in [2.75, 3.05) is 12.4 Å². The number of amides is 2. The lowest BCUT2D eigenvalue weighted by Crippen LogP contribution is -2.36. The summed E-state index contributed by atoms with van der Waals surface area (Å²) < 4.78 is 31.9. The first kappa shape index (κ1) is 19.3. The lowest BCUT2D eigenvalue weighted by molar-refractivity contribution is 0.103. The number of carbonyl (C=O) groups excluding carboxylic acids is 1. The summed E-state index contributed by atoms with van der Waals surface area (Å²) in [7, 11) is 1.49. The smallest absolute Gasteiger partial charge is 0.321 e. The van der Waals surface area contributed by atoms with Gasteiger partial charge in [0.05, 0.1) is 7.11 Å². The first-order valence-electron chi connectivity index (χ1n) is 8.63. The van der Waals surface area contributed by atoms with Gasteiger partial charge in [-0.3, -0.25) is 10.4 Å². The number of benzene rings is 2. The Bertz CT molecular complexity index is 898. The quantitative estimate of drug-likeness (QED) is 0.571. The second-order valence-electron chi connectivity index (χ2n) is 6.12. The van der Waals surface area contributed by atoms with Crippen molar-refractivity contribution in [1.29, 1.82) is 0 Å². The number of aromatic nitrogens is 2. The molecule has 3 N–H and O–H groups in total. The summed E-state index contributed by atoms with van der Waals surface area (Å²) in [5.74, 6) is 0.801. The predicted octanol–water partition coefficient (Wildman–Crippen LogP) is 4.14. The number of ether oxygens (including phenoxy) is 1. The summed E-state index contributed by atoms with van der Waals surface area (Å²) in [6, 6.07) is 15.3. The summed E-state index contributed by atoms with van der Waals surface area (Å²) >= 11 is 0. The van der Waals surface area contributed by atoms with E-state index >= 15 is 0 Å². The normalized spacial score (nSPS) is 11.9. The number of aromatic amines is 1. The highest BCUT2D eigenvalue weighted by Crippen LogP contribution is 2.23. The second kappa shape index (κ2) is 8.98. The molecule has 1 aromatic heterocycles. The zero-order valence-corrected chi connectivity index (χ0v) is 15.2. The number of H-pyrrole nitrogens is 1. The van der Waals surface area contributed by atoms with Gasteiger partial charge in [-0.15, -0.1) is 0 Å². The van der Waals surface area contributed by atoms with Gasteiger partial charge in [0.1, 0.15) is 11.8 Å². The van der Waals surface area contributed by atoms with E-state index < -0.39 is 18.5 Å². The summed E-state index contributed by atoms with van der Waals surface area (Å²) in [6.07, 6.45) is -2.16. The maximum atomic E-state index is 13.4. The average Bonchev–Trinajstić information content (AvgIpc) is 3.13. The van der Waals surface area contributed by atoms with Gasteiger partial charge in [-0.05, 0) is 23.3 Å². The van der Waals surface area contributed by atoms with Crippen LogP contribution in [0.25, 0.3) is 0 Å². The van der Waals surface area contributed by atoms with Gasteiger partial charge in [-0.1, -0.05) is 42.5 Å². The van der Waals surface area contributed by atoms with Crippen LogP contribution >= 0.6 is 0 Å². The number of alkyl halides is 2. The van der Waals surface area contributed by atoms with Crippen molar-refractivity contribution >= 4 is 11.8 Å². The Morgan fingerprint density at radius 2 is 1.86 bits per heavy atom. The Hall–Kier alpha value is -3.42. The van der Waals surface area contributed by atoms with Crippen LogP contribution < -0.4 is 15.4 Å². The van der Waals surface area contributed by atoms with Crippen LogP contribution in [0.15, 0.2) is 60.7 Å². The molecule has 6 nitrogen and oxygen atoms in total. The van der Waals surface area contributed by atoms with Crippen LogP contribution in [0.3, 0.4) is 0 Å². The molecule has 2 amide bonds. The zero-order chi connectivity index (χ0) is 19.9. The molecule has 2 aromatic carbocycles. The lowest BCUT2D eigenvalue weighted by Gasteiger charge is -2.18. The van der Waals surface area contributed by atoms with Gasteiger partial charge in [-0.2, -0.15) is 5.10 Å². The van der Waals surface area contributed by atoms with Gasteiger partial charge >= 0.3 is 6.03 Å². The average molecular weight is 386 g/mol. The Kier molecular flexibility index (Phi) is 6.21. The molecule has 0 saturated heterocycles. The van der Waals surface area contributed by atoms with Crippen LogP contribution in [-0.2, 0) is 6.42 Å². The highest BCUT2D eigenvalue weighted by atomic mass is 19.3. The van der Waals surface area contributed by atoms with Crippen LogP contribution in [0.4, 0.5) is 19.4 Å². The highest BCUT2D eigenvalue weighted by Gasteiger charge is 2.24. The molecule has 0 aliphatic rings. The zero-order valence-electron chi connectivity index (χ0n) is 15.2. The van der Waals surface area contributed by atoms with Crippen LogP contribution in [-0.4, -0.2) is 29.8 Å². The molecule has 0 radical (unpaired) electrons. The highest BCUT2D eigenvalue weighted by molar-refractivity contribution is 5.88. The van der Waals surface area contributed by atoms with E-state index in [9.17, 15) is 13.6 Å². The summed E-state index contributed by atoms with van der Waals surface area (Å²) in [4.78, 5) is 12.2. The number of urea groups is 1. The summed E-state index contributed by atoms with van der Waals surface area (Å²) in [5, 5.41) is 11.6. The van der Waals surface area contributed by atoms with E-state index in [2.05, 4.69) is 20.8 Å². The number of anilines is 1. The molecule has 1 atom stereocenters. The van der Waals surface area contributed by atoms with Crippen LogP contribution in [0.1, 0.15) is 22.9 Å². The first-order valence-corrected chi connectivity index (χ1v) is 8.63. The van der Waals surface area contributed by atoms with E-state index in [0.29, 0.717) is 12.2 Å². The SMILES string of the molecule is COc1ccc(C(NC(=O)Nc2cc(Cc3ccccc3)[nH]n2)C(F)F)cc1. The standard InChI is InChI=1S/C20H20F2N4O2/c1-28-16-9-7-14(8-10-16)18(19(21)22)24-20(27)23-17-12-15(25-26-17)11-13-5-3-2-4-6-13/h2-10,12,18-19H,11H2,1H3,(H3,23,24,25,26,27). The molecule has 0 aliphatic heterocycles. The first-order chi connectivity index (χ1) is 13.5. The van der Waals surface area contributed by atoms with Gasteiger partial charge in [0, 0.05) is 18.2 Å². The molecule has 28 heavy (non-hydrogen) atoms. The monoisotopic (exact) mass is 386 g/mol. The molecular weight excluding hydrogens is 366 g/mol. The summed E-state index contributed by atoms with van der Waals surface area (Å²) in [5.41, 5.74) is 2.15. The van der Waals surface area contributed by atoms with E-state index in [4.69, 9.17) is 4.74 Å². The Morgan fingerprint density at radius 3 is 2.50 bits per heavy atom.